The molecule has 7 heteroatoms. The molecule has 0 saturated carbocycles. The Kier molecular flexibility index (Phi) is 4.77. The topological polar surface area (TPSA) is 99.1 Å². The van der Waals surface area contributed by atoms with Crippen LogP contribution >= 0.6 is 0 Å². The Labute approximate surface area is 162 Å². The van der Waals surface area contributed by atoms with Crippen molar-refractivity contribution in [2.75, 3.05) is 7.11 Å². The first-order chi connectivity index (χ1) is 13.6. The smallest absolute Gasteiger partial charge is 0.132 e. The molecule has 0 radical (unpaired) electrons. The van der Waals surface area contributed by atoms with Gasteiger partial charge in [0.05, 0.1) is 18.3 Å². The predicted molar refractivity (Wildman–Crippen MR) is 108 cm³/mol. The summed E-state index contributed by atoms with van der Waals surface area (Å²) in [5.41, 5.74) is 10.4. The fourth-order valence-corrected chi connectivity index (χ4v) is 3.29. The van der Waals surface area contributed by atoms with Gasteiger partial charge in [0.15, 0.2) is 0 Å². The van der Waals surface area contributed by atoms with Crippen LogP contribution in [0.15, 0.2) is 55.0 Å². The van der Waals surface area contributed by atoms with Crippen LogP contribution in [-0.4, -0.2) is 32.0 Å². The first-order valence-corrected chi connectivity index (χ1v) is 9.02. The number of hydrogen-bond acceptors (Lipinski definition) is 6. The molecule has 2 aromatic carbocycles. The Hall–Kier alpha value is -3.29. The molecule has 3 N–H and O–H groups in total. The van der Waals surface area contributed by atoms with Crippen molar-refractivity contribution in [3.63, 3.8) is 0 Å². The van der Waals surface area contributed by atoms with E-state index in [1.165, 1.54) is 13.4 Å². The number of methoxy groups -OCH3 is 1. The summed E-state index contributed by atoms with van der Waals surface area (Å²) < 4.78 is 7.24. The Balaban J connectivity index is 2.00. The van der Waals surface area contributed by atoms with E-state index in [1.807, 2.05) is 48.1 Å². The lowest BCUT2D eigenvalue weighted by Gasteiger charge is -2.13. The van der Waals surface area contributed by atoms with Gasteiger partial charge in [-0.1, -0.05) is 30.3 Å². The molecule has 0 aliphatic rings. The van der Waals surface area contributed by atoms with E-state index < -0.39 is 6.23 Å². The van der Waals surface area contributed by atoms with E-state index in [-0.39, 0.29) is 0 Å². The fourth-order valence-electron chi connectivity index (χ4n) is 3.29. The maximum absolute atomic E-state index is 9.97. The third kappa shape index (κ3) is 3.11. The summed E-state index contributed by atoms with van der Waals surface area (Å²) in [5, 5.41) is 15.5. The molecule has 0 aliphatic heterocycles. The summed E-state index contributed by atoms with van der Waals surface area (Å²) in [4.78, 5) is 8.90. The molecule has 2 aromatic heterocycles. The summed E-state index contributed by atoms with van der Waals surface area (Å²) in [7, 11) is 1.54. The molecule has 1 atom stereocenters. The van der Waals surface area contributed by atoms with Gasteiger partial charge in [-0.25, -0.2) is 9.97 Å². The molecule has 28 heavy (non-hydrogen) atoms. The average Bonchev–Trinajstić information content (AvgIpc) is 3.17. The van der Waals surface area contributed by atoms with Crippen LogP contribution in [0.25, 0.3) is 33.4 Å². The van der Waals surface area contributed by atoms with Gasteiger partial charge in [-0.3, -0.25) is 4.68 Å². The number of nitrogens with two attached hydrogens (primary N) is 1. The Bertz CT molecular complexity index is 1120. The van der Waals surface area contributed by atoms with Crippen molar-refractivity contribution in [1.82, 2.24) is 19.7 Å². The van der Waals surface area contributed by atoms with E-state index >= 15 is 0 Å². The number of ether oxygens (including phenoxy) is 1. The van der Waals surface area contributed by atoms with Crippen molar-refractivity contribution in [2.24, 2.45) is 5.73 Å². The highest BCUT2D eigenvalue weighted by Crippen LogP contribution is 2.36. The van der Waals surface area contributed by atoms with Crippen molar-refractivity contribution >= 4 is 10.9 Å². The van der Waals surface area contributed by atoms with Crippen LogP contribution in [0.3, 0.4) is 0 Å². The lowest BCUT2D eigenvalue weighted by molar-refractivity contribution is 0.182. The van der Waals surface area contributed by atoms with Crippen molar-refractivity contribution in [3.05, 3.63) is 60.6 Å². The normalized spacial score (nSPS) is 12.3. The number of aromatic nitrogens is 4. The van der Waals surface area contributed by atoms with Gasteiger partial charge in [-0.2, -0.15) is 5.10 Å². The van der Waals surface area contributed by atoms with Crippen molar-refractivity contribution in [2.45, 2.75) is 19.7 Å². The van der Waals surface area contributed by atoms with E-state index in [2.05, 4.69) is 9.97 Å². The number of hydrogen-bond donors (Lipinski definition) is 2. The zero-order chi connectivity index (χ0) is 19.7. The zero-order valence-electron chi connectivity index (χ0n) is 15.7. The minimum absolute atomic E-state index is 0.482. The number of rotatable bonds is 5. The van der Waals surface area contributed by atoms with Crippen LogP contribution in [0, 0.1) is 0 Å². The summed E-state index contributed by atoms with van der Waals surface area (Å²) >= 11 is 0. The molecule has 4 aromatic rings. The third-order valence-corrected chi connectivity index (χ3v) is 4.69. The maximum atomic E-state index is 9.97. The molecule has 4 rings (SSSR count). The lowest BCUT2D eigenvalue weighted by Crippen LogP contribution is -2.10. The molecular formula is C21H21N5O2. The van der Waals surface area contributed by atoms with Gasteiger partial charge in [0.2, 0.25) is 0 Å². The zero-order valence-corrected chi connectivity index (χ0v) is 15.7. The van der Waals surface area contributed by atoms with Gasteiger partial charge >= 0.3 is 0 Å². The largest absolute Gasteiger partial charge is 0.496 e. The Morgan fingerprint density at radius 2 is 1.93 bits per heavy atom. The van der Waals surface area contributed by atoms with Gasteiger partial charge in [0, 0.05) is 40.9 Å². The number of aliphatic hydroxyl groups excluding tert-OH is 1. The van der Waals surface area contributed by atoms with Gasteiger partial charge < -0.3 is 15.6 Å². The molecule has 142 valence electrons. The van der Waals surface area contributed by atoms with Crippen LogP contribution in [-0.2, 0) is 6.54 Å². The molecule has 0 saturated heterocycles. The molecule has 7 nitrogen and oxygen atoms in total. The van der Waals surface area contributed by atoms with Crippen LogP contribution in [0.1, 0.15) is 18.7 Å². The molecule has 0 aliphatic carbocycles. The van der Waals surface area contributed by atoms with Gasteiger partial charge in [0.25, 0.3) is 0 Å². The minimum Gasteiger partial charge on any atom is -0.496 e. The predicted octanol–water partition coefficient (Wildman–Crippen LogP) is 3.14. The van der Waals surface area contributed by atoms with Crippen molar-refractivity contribution in [1.29, 1.82) is 0 Å². The number of nitrogens with zero attached hydrogens (tertiary/aromatic N) is 4. The average molecular weight is 375 g/mol. The second-order valence-corrected chi connectivity index (χ2v) is 6.39. The first-order valence-electron chi connectivity index (χ1n) is 9.02. The quantitative estimate of drug-likeness (QED) is 0.520. The van der Waals surface area contributed by atoms with E-state index in [4.69, 9.17) is 15.6 Å². The third-order valence-electron chi connectivity index (χ3n) is 4.69. The number of benzene rings is 2. The molecule has 0 bridgehead atoms. The molecular weight excluding hydrogens is 354 g/mol. The lowest BCUT2D eigenvalue weighted by atomic mass is 10.0. The standard InChI is InChI=1S/C21H21N5O2/c1-3-26-11-16(19(25-26)13-7-5-4-6-8-13)20-14-9-15(21(22)27)18(28-2)10-17(14)23-12-24-20/h4-12,21,27H,3,22H2,1-2H3/t21-/m1/s1. The van der Waals surface area contributed by atoms with Crippen molar-refractivity contribution < 1.29 is 9.84 Å². The number of aliphatic hydroxyl groups is 1. The van der Waals surface area contributed by atoms with Crippen molar-refractivity contribution in [3.8, 4) is 28.3 Å². The van der Waals surface area contributed by atoms with Gasteiger partial charge in [-0.05, 0) is 13.0 Å². The summed E-state index contributed by atoms with van der Waals surface area (Å²) in [5.74, 6) is 0.486. The second-order valence-electron chi connectivity index (χ2n) is 6.39. The van der Waals surface area contributed by atoms with Gasteiger partial charge in [0.1, 0.15) is 24.0 Å². The van der Waals surface area contributed by atoms with Gasteiger partial charge in [-0.15, -0.1) is 0 Å². The molecule has 0 fully saturated rings. The van der Waals surface area contributed by atoms with Crippen LogP contribution < -0.4 is 10.5 Å². The molecule has 2 heterocycles. The number of aryl methyl sites for hydroxylation is 1. The van der Waals surface area contributed by atoms with Crippen LogP contribution in [0.2, 0.25) is 0 Å². The Morgan fingerprint density at radius 1 is 1.14 bits per heavy atom. The van der Waals surface area contributed by atoms with Crippen LogP contribution in [0.4, 0.5) is 0 Å². The highest BCUT2D eigenvalue weighted by atomic mass is 16.5. The minimum atomic E-state index is -1.17. The summed E-state index contributed by atoms with van der Waals surface area (Å²) in [6.45, 7) is 2.78. The number of fused-ring (bicyclic) bond motifs is 1. The van der Waals surface area contributed by atoms with Crippen LogP contribution in [0.5, 0.6) is 5.75 Å². The molecule has 0 unspecified atom stereocenters. The second kappa shape index (κ2) is 7.38. The SMILES string of the molecule is CCn1cc(-c2ncnc3cc(OC)c([C@H](N)O)cc23)c(-c2ccccc2)n1. The van der Waals surface area contributed by atoms with E-state index in [9.17, 15) is 5.11 Å². The van der Waals surface area contributed by atoms with E-state index in [0.29, 0.717) is 16.8 Å². The first kappa shape index (κ1) is 18.1. The van der Waals surface area contributed by atoms with E-state index in [1.54, 1.807) is 12.1 Å². The highest BCUT2D eigenvalue weighted by Gasteiger charge is 2.19. The molecule has 0 amide bonds. The Morgan fingerprint density at radius 3 is 2.61 bits per heavy atom. The molecule has 0 spiro atoms. The maximum Gasteiger partial charge on any atom is 0.132 e. The monoisotopic (exact) mass is 375 g/mol. The highest BCUT2D eigenvalue weighted by molar-refractivity contribution is 5.96. The summed E-state index contributed by atoms with van der Waals surface area (Å²) in [6, 6.07) is 13.5. The van der Waals surface area contributed by atoms with E-state index in [0.717, 1.165) is 34.4 Å². The summed E-state index contributed by atoms with van der Waals surface area (Å²) in [6.07, 6.45) is 2.33. The fraction of sp³-hybridized carbons (Fsp3) is 0.190.